The number of rotatable bonds is 3. The standard InChI is InChI=1S/C8H13ClN2O2.ClH/c1-6(9)4-11-8(12)7-5-13-3-2-10-7;/h7,10H,1-5H2,(H,11,12);1H. The Balaban J connectivity index is 0.00000169. The van der Waals surface area contributed by atoms with Gasteiger partial charge in [-0.15, -0.1) is 12.4 Å². The summed E-state index contributed by atoms with van der Waals surface area (Å²) >= 11 is 5.50. The highest BCUT2D eigenvalue weighted by molar-refractivity contribution is 6.29. The third kappa shape index (κ3) is 4.81. The molecule has 1 amide bonds. The van der Waals surface area contributed by atoms with E-state index in [4.69, 9.17) is 16.3 Å². The Labute approximate surface area is 94.4 Å². The zero-order valence-electron chi connectivity index (χ0n) is 7.72. The van der Waals surface area contributed by atoms with Crippen LogP contribution in [-0.4, -0.2) is 38.3 Å². The van der Waals surface area contributed by atoms with Crippen molar-refractivity contribution in [1.82, 2.24) is 10.6 Å². The first-order valence-corrected chi connectivity index (χ1v) is 4.50. The molecule has 14 heavy (non-hydrogen) atoms. The van der Waals surface area contributed by atoms with E-state index >= 15 is 0 Å². The SMILES string of the molecule is C=C(Cl)CNC(=O)C1COCCN1.Cl. The Morgan fingerprint density at radius 2 is 2.43 bits per heavy atom. The first-order valence-electron chi connectivity index (χ1n) is 4.12. The summed E-state index contributed by atoms with van der Waals surface area (Å²) in [6.45, 7) is 5.56. The first-order chi connectivity index (χ1) is 6.20. The molecule has 0 aromatic carbocycles. The molecule has 0 aliphatic carbocycles. The highest BCUT2D eigenvalue weighted by atomic mass is 35.5. The van der Waals surface area contributed by atoms with E-state index < -0.39 is 0 Å². The summed E-state index contributed by atoms with van der Waals surface area (Å²) < 4.78 is 5.13. The van der Waals surface area contributed by atoms with Gasteiger partial charge in [0.05, 0.1) is 19.8 Å². The lowest BCUT2D eigenvalue weighted by Gasteiger charge is -2.22. The minimum Gasteiger partial charge on any atom is -0.378 e. The molecule has 2 N–H and O–H groups in total. The van der Waals surface area contributed by atoms with Crippen molar-refractivity contribution in [3.8, 4) is 0 Å². The van der Waals surface area contributed by atoms with Crippen molar-refractivity contribution in [3.05, 3.63) is 11.6 Å². The number of amides is 1. The fraction of sp³-hybridized carbons (Fsp3) is 0.625. The van der Waals surface area contributed by atoms with Crippen LogP contribution >= 0.6 is 24.0 Å². The molecule has 0 spiro atoms. The molecule has 4 nitrogen and oxygen atoms in total. The molecule has 0 bridgehead atoms. The summed E-state index contributed by atoms with van der Waals surface area (Å²) in [5.74, 6) is -0.0958. The molecular weight excluding hydrogens is 227 g/mol. The lowest BCUT2D eigenvalue weighted by atomic mass is 10.2. The summed E-state index contributed by atoms with van der Waals surface area (Å²) in [4.78, 5) is 11.3. The summed E-state index contributed by atoms with van der Waals surface area (Å²) in [5.41, 5.74) is 0. The molecule has 6 heteroatoms. The number of ether oxygens (including phenoxy) is 1. The number of hydrogen-bond acceptors (Lipinski definition) is 3. The second kappa shape index (κ2) is 7.06. The molecule has 1 saturated heterocycles. The minimum atomic E-state index is -0.259. The van der Waals surface area contributed by atoms with Crippen LogP contribution in [0.2, 0.25) is 0 Å². The molecule has 1 unspecified atom stereocenters. The van der Waals surface area contributed by atoms with Gasteiger partial charge in [-0.3, -0.25) is 4.79 Å². The maximum absolute atomic E-state index is 11.3. The topological polar surface area (TPSA) is 50.4 Å². The van der Waals surface area contributed by atoms with E-state index in [9.17, 15) is 4.79 Å². The minimum absolute atomic E-state index is 0. The van der Waals surface area contributed by atoms with E-state index in [0.29, 0.717) is 31.3 Å². The van der Waals surface area contributed by atoms with Gasteiger partial charge in [-0.1, -0.05) is 18.2 Å². The Morgan fingerprint density at radius 1 is 1.71 bits per heavy atom. The van der Waals surface area contributed by atoms with Crippen molar-refractivity contribution < 1.29 is 9.53 Å². The average Bonchev–Trinajstić information content (AvgIpc) is 2.15. The summed E-state index contributed by atoms with van der Waals surface area (Å²) in [6, 6.07) is -0.259. The zero-order valence-corrected chi connectivity index (χ0v) is 9.29. The van der Waals surface area contributed by atoms with Crippen molar-refractivity contribution >= 4 is 29.9 Å². The quantitative estimate of drug-likeness (QED) is 0.745. The van der Waals surface area contributed by atoms with E-state index in [-0.39, 0.29) is 24.4 Å². The zero-order chi connectivity index (χ0) is 9.68. The highest BCUT2D eigenvalue weighted by Crippen LogP contribution is 1.95. The number of carbonyl (C=O) groups is 1. The molecule has 1 atom stereocenters. The third-order valence-corrected chi connectivity index (χ3v) is 1.83. The van der Waals surface area contributed by atoms with E-state index in [1.54, 1.807) is 0 Å². The normalized spacial score (nSPS) is 20.8. The molecule has 0 aromatic rings. The maximum Gasteiger partial charge on any atom is 0.239 e. The van der Waals surface area contributed by atoms with Crippen LogP contribution in [0.4, 0.5) is 0 Å². The van der Waals surface area contributed by atoms with Crippen LogP contribution in [0.5, 0.6) is 0 Å². The smallest absolute Gasteiger partial charge is 0.239 e. The van der Waals surface area contributed by atoms with Crippen LogP contribution in [0.3, 0.4) is 0 Å². The van der Waals surface area contributed by atoms with E-state index in [1.165, 1.54) is 0 Å². The van der Waals surface area contributed by atoms with Gasteiger partial charge in [0.1, 0.15) is 6.04 Å². The molecule has 0 saturated carbocycles. The van der Waals surface area contributed by atoms with Crippen LogP contribution in [0, 0.1) is 0 Å². The van der Waals surface area contributed by atoms with Gasteiger partial charge in [-0.25, -0.2) is 0 Å². The summed E-state index contributed by atoms with van der Waals surface area (Å²) in [7, 11) is 0. The van der Waals surface area contributed by atoms with Crippen molar-refractivity contribution in [2.75, 3.05) is 26.3 Å². The Bertz CT molecular complexity index is 206. The lowest BCUT2D eigenvalue weighted by Crippen LogP contribution is -2.51. The second-order valence-corrected chi connectivity index (χ2v) is 3.35. The van der Waals surface area contributed by atoms with Crippen LogP contribution < -0.4 is 10.6 Å². The van der Waals surface area contributed by atoms with Crippen LogP contribution in [0.15, 0.2) is 11.6 Å². The predicted molar refractivity (Wildman–Crippen MR) is 57.9 cm³/mol. The maximum atomic E-state index is 11.3. The molecule has 1 heterocycles. The number of carbonyl (C=O) groups excluding carboxylic acids is 1. The number of morpholine rings is 1. The molecule has 82 valence electrons. The lowest BCUT2D eigenvalue weighted by molar-refractivity contribution is -0.125. The Morgan fingerprint density at radius 3 is 2.93 bits per heavy atom. The van der Waals surface area contributed by atoms with Gasteiger partial charge in [-0.2, -0.15) is 0 Å². The van der Waals surface area contributed by atoms with E-state index in [1.807, 2.05) is 0 Å². The number of nitrogens with one attached hydrogen (secondary N) is 2. The van der Waals surface area contributed by atoms with E-state index in [2.05, 4.69) is 17.2 Å². The van der Waals surface area contributed by atoms with Gasteiger partial charge >= 0.3 is 0 Å². The van der Waals surface area contributed by atoms with Gasteiger partial charge in [0.15, 0.2) is 0 Å². The van der Waals surface area contributed by atoms with Crippen LogP contribution in [-0.2, 0) is 9.53 Å². The molecule has 1 aliphatic heterocycles. The van der Waals surface area contributed by atoms with Crippen molar-refractivity contribution in [2.45, 2.75) is 6.04 Å². The molecule has 0 aromatic heterocycles. The molecular formula is C8H14Cl2N2O2. The van der Waals surface area contributed by atoms with Crippen LogP contribution in [0.25, 0.3) is 0 Å². The van der Waals surface area contributed by atoms with E-state index in [0.717, 1.165) is 0 Å². The van der Waals surface area contributed by atoms with Gasteiger partial charge in [0, 0.05) is 11.6 Å². The van der Waals surface area contributed by atoms with Gasteiger partial charge < -0.3 is 15.4 Å². The van der Waals surface area contributed by atoms with Crippen LogP contribution in [0.1, 0.15) is 0 Å². The van der Waals surface area contributed by atoms with Gasteiger partial charge in [-0.05, 0) is 0 Å². The van der Waals surface area contributed by atoms with Crippen molar-refractivity contribution in [3.63, 3.8) is 0 Å². The van der Waals surface area contributed by atoms with Gasteiger partial charge in [0.2, 0.25) is 5.91 Å². The third-order valence-electron chi connectivity index (χ3n) is 1.69. The summed E-state index contributed by atoms with van der Waals surface area (Å²) in [6.07, 6.45) is 0. The van der Waals surface area contributed by atoms with Crippen molar-refractivity contribution in [1.29, 1.82) is 0 Å². The second-order valence-electron chi connectivity index (χ2n) is 2.82. The van der Waals surface area contributed by atoms with Gasteiger partial charge in [0.25, 0.3) is 0 Å². The fourth-order valence-electron chi connectivity index (χ4n) is 1.04. The van der Waals surface area contributed by atoms with Crippen molar-refractivity contribution in [2.24, 2.45) is 0 Å². The molecule has 1 aliphatic rings. The fourth-order valence-corrected chi connectivity index (χ4v) is 1.11. The summed E-state index contributed by atoms with van der Waals surface area (Å²) in [5, 5.41) is 6.09. The largest absolute Gasteiger partial charge is 0.378 e. The molecule has 1 fully saturated rings. The number of hydrogen-bond donors (Lipinski definition) is 2. The average molecular weight is 241 g/mol. The first kappa shape index (κ1) is 13.7. The monoisotopic (exact) mass is 240 g/mol. The Kier molecular flexibility index (Phi) is 6.92. The molecule has 1 rings (SSSR count). The Hall–Kier alpha value is -0.290. The highest BCUT2D eigenvalue weighted by Gasteiger charge is 2.20. The predicted octanol–water partition coefficient (Wildman–Crippen LogP) is 0.265. The number of halogens is 2. The molecule has 0 radical (unpaired) electrons.